The summed E-state index contributed by atoms with van der Waals surface area (Å²) in [6, 6.07) is 6.55. The Morgan fingerprint density at radius 3 is 3.04 bits per heavy atom. The van der Waals surface area contributed by atoms with E-state index >= 15 is 0 Å². The first-order chi connectivity index (χ1) is 11.5. The predicted octanol–water partition coefficient (Wildman–Crippen LogP) is 1.83. The molecule has 0 saturated carbocycles. The third-order valence-corrected chi connectivity index (χ3v) is 4.76. The Kier molecular flexibility index (Phi) is 3.62. The average molecular weight is 326 g/mol. The second-order valence-electron chi connectivity index (χ2n) is 6.96. The van der Waals surface area contributed by atoms with E-state index in [1.54, 1.807) is 4.68 Å². The Balaban J connectivity index is 1.48. The molecule has 126 valence electrons. The van der Waals surface area contributed by atoms with Crippen molar-refractivity contribution in [1.82, 2.24) is 30.1 Å². The lowest BCUT2D eigenvalue weighted by molar-refractivity contribution is 0.0408. The van der Waals surface area contributed by atoms with Crippen LogP contribution in [0.25, 0.3) is 10.9 Å². The number of fused-ring (bicyclic) bond motifs is 1. The Morgan fingerprint density at radius 2 is 2.25 bits per heavy atom. The summed E-state index contributed by atoms with van der Waals surface area (Å²) in [4.78, 5) is 2.26. The van der Waals surface area contributed by atoms with Gasteiger partial charge in [0.25, 0.3) is 0 Å². The van der Waals surface area contributed by atoms with Gasteiger partial charge in [-0.1, -0.05) is 17.3 Å². The summed E-state index contributed by atoms with van der Waals surface area (Å²) < 4.78 is 1.79. The lowest BCUT2D eigenvalue weighted by atomic mass is 10.00. The molecule has 7 heteroatoms. The first-order valence-corrected chi connectivity index (χ1v) is 8.32. The van der Waals surface area contributed by atoms with Crippen molar-refractivity contribution in [2.24, 2.45) is 0 Å². The number of aliphatic hydroxyl groups is 1. The molecule has 1 fully saturated rings. The Morgan fingerprint density at radius 1 is 1.38 bits per heavy atom. The SMILES string of the molecule is CC(C)n1cc([C@@]2(O)CCN(Cc3ccc4cn[nH]c4c3)C2)nn1. The second kappa shape index (κ2) is 5.68. The minimum atomic E-state index is -0.911. The van der Waals surface area contributed by atoms with E-state index < -0.39 is 5.60 Å². The molecule has 4 rings (SSSR count). The highest BCUT2D eigenvalue weighted by Gasteiger charge is 2.40. The second-order valence-corrected chi connectivity index (χ2v) is 6.96. The standard InChI is InChI=1S/C17H22N6O/c1-12(2)23-10-16(20-21-23)17(24)5-6-22(11-17)9-13-3-4-14-8-18-19-15(14)7-13/h3-4,7-8,10,12,24H,5-6,9,11H2,1-2H3,(H,18,19)/t17-/m1/s1. The zero-order chi connectivity index (χ0) is 16.7. The Bertz CT molecular complexity index is 854. The number of hydrogen-bond donors (Lipinski definition) is 2. The fourth-order valence-corrected chi connectivity index (χ4v) is 3.30. The zero-order valence-electron chi connectivity index (χ0n) is 14.0. The highest BCUT2D eigenvalue weighted by Crippen LogP contribution is 2.31. The summed E-state index contributed by atoms with van der Waals surface area (Å²) in [6.45, 7) is 6.32. The van der Waals surface area contributed by atoms with Gasteiger partial charge in [-0.2, -0.15) is 5.10 Å². The third kappa shape index (κ3) is 2.70. The van der Waals surface area contributed by atoms with Gasteiger partial charge in [0, 0.05) is 31.1 Å². The van der Waals surface area contributed by atoms with E-state index in [0.717, 1.165) is 24.0 Å². The van der Waals surface area contributed by atoms with Crippen molar-refractivity contribution in [2.45, 2.75) is 38.5 Å². The summed E-state index contributed by atoms with van der Waals surface area (Å²) in [7, 11) is 0. The minimum absolute atomic E-state index is 0.244. The molecule has 1 aromatic carbocycles. The van der Waals surface area contributed by atoms with Crippen LogP contribution in [0.2, 0.25) is 0 Å². The minimum Gasteiger partial charge on any atom is -0.382 e. The summed E-state index contributed by atoms with van der Waals surface area (Å²) >= 11 is 0. The quantitative estimate of drug-likeness (QED) is 0.764. The number of H-pyrrole nitrogens is 1. The number of benzene rings is 1. The zero-order valence-corrected chi connectivity index (χ0v) is 14.0. The van der Waals surface area contributed by atoms with Gasteiger partial charge in [-0.3, -0.25) is 10.00 Å². The van der Waals surface area contributed by atoms with Gasteiger partial charge in [0.05, 0.1) is 17.9 Å². The van der Waals surface area contributed by atoms with Gasteiger partial charge in [-0.05, 0) is 31.9 Å². The van der Waals surface area contributed by atoms with E-state index in [1.165, 1.54) is 5.56 Å². The number of β-amino-alcohol motifs (C(OH)–C–C–N with tert-alkyl or cyclic N) is 1. The van der Waals surface area contributed by atoms with Crippen molar-refractivity contribution >= 4 is 10.9 Å². The summed E-state index contributed by atoms with van der Waals surface area (Å²) in [5.41, 5.74) is 2.01. The molecule has 1 saturated heterocycles. The summed E-state index contributed by atoms with van der Waals surface area (Å²) in [6.07, 6.45) is 4.37. The fourth-order valence-electron chi connectivity index (χ4n) is 3.30. The van der Waals surface area contributed by atoms with E-state index in [1.807, 2.05) is 12.4 Å². The van der Waals surface area contributed by atoms with Gasteiger partial charge in [0.1, 0.15) is 11.3 Å². The van der Waals surface area contributed by atoms with Crippen molar-refractivity contribution in [3.63, 3.8) is 0 Å². The molecular formula is C17H22N6O. The molecule has 1 aliphatic heterocycles. The Hall–Kier alpha value is -2.25. The summed E-state index contributed by atoms with van der Waals surface area (Å²) in [5.74, 6) is 0. The first kappa shape index (κ1) is 15.3. The van der Waals surface area contributed by atoms with Crippen molar-refractivity contribution in [2.75, 3.05) is 13.1 Å². The lowest BCUT2D eigenvalue weighted by Crippen LogP contribution is -2.31. The molecule has 24 heavy (non-hydrogen) atoms. The molecule has 2 N–H and O–H groups in total. The molecule has 2 aromatic heterocycles. The van der Waals surface area contributed by atoms with Gasteiger partial charge in [0.2, 0.25) is 0 Å². The van der Waals surface area contributed by atoms with Crippen LogP contribution in [0.5, 0.6) is 0 Å². The summed E-state index contributed by atoms with van der Waals surface area (Å²) in [5, 5.41) is 27.5. The average Bonchev–Trinajstić information content (AvgIpc) is 3.26. The molecule has 1 aliphatic rings. The van der Waals surface area contributed by atoms with Crippen molar-refractivity contribution in [1.29, 1.82) is 0 Å². The van der Waals surface area contributed by atoms with Crippen LogP contribution in [-0.4, -0.2) is 48.3 Å². The molecule has 0 radical (unpaired) electrons. The lowest BCUT2D eigenvalue weighted by Gasteiger charge is -2.21. The molecule has 1 atom stereocenters. The number of likely N-dealkylation sites (tertiary alicyclic amines) is 1. The van der Waals surface area contributed by atoms with E-state index in [4.69, 9.17) is 0 Å². The molecule has 3 aromatic rings. The number of hydrogen-bond acceptors (Lipinski definition) is 5. The van der Waals surface area contributed by atoms with Gasteiger partial charge >= 0.3 is 0 Å². The molecule has 0 amide bonds. The van der Waals surface area contributed by atoms with E-state index in [2.05, 4.69) is 57.5 Å². The maximum atomic E-state index is 11.0. The number of aromatic nitrogens is 5. The third-order valence-electron chi connectivity index (χ3n) is 4.76. The normalized spacial score (nSPS) is 22.0. The van der Waals surface area contributed by atoms with Crippen molar-refractivity contribution in [3.05, 3.63) is 41.9 Å². The van der Waals surface area contributed by atoms with Crippen molar-refractivity contribution in [3.8, 4) is 0 Å². The van der Waals surface area contributed by atoms with E-state index in [-0.39, 0.29) is 6.04 Å². The van der Waals surface area contributed by atoms with E-state index in [9.17, 15) is 5.11 Å². The van der Waals surface area contributed by atoms with Crippen LogP contribution in [0.3, 0.4) is 0 Å². The molecule has 0 unspecified atom stereocenters. The van der Waals surface area contributed by atoms with Gasteiger partial charge in [0.15, 0.2) is 0 Å². The monoisotopic (exact) mass is 326 g/mol. The smallest absolute Gasteiger partial charge is 0.124 e. The predicted molar refractivity (Wildman–Crippen MR) is 90.3 cm³/mol. The maximum absolute atomic E-state index is 11.0. The molecule has 7 nitrogen and oxygen atoms in total. The number of nitrogens with one attached hydrogen (secondary N) is 1. The molecule has 0 aliphatic carbocycles. The van der Waals surface area contributed by atoms with Crippen LogP contribution in [0.15, 0.2) is 30.6 Å². The highest BCUT2D eigenvalue weighted by atomic mass is 16.3. The van der Waals surface area contributed by atoms with Crippen LogP contribution in [0, 0.1) is 0 Å². The molecule has 0 bridgehead atoms. The maximum Gasteiger partial charge on any atom is 0.124 e. The Labute approximate surface area is 140 Å². The van der Waals surface area contributed by atoms with Crippen LogP contribution >= 0.6 is 0 Å². The van der Waals surface area contributed by atoms with Crippen molar-refractivity contribution < 1.29 is 5.11 Å². The highest BCUT2D eigenvalue weighted by molar-refractivity contribution is 5.78. The van der Waals surface area contributed by atoms with Gasteiger partial charge in [-0.25, -0.2) is 4.68 Å². The molecule has 3 heterocycles. The topological polar surface area (TPSA) is 82.9 Å². The number of rotatable bonds is 4. The number of aromatic amines is 1. The van der Waals surface area contributed by atoms with Crippen LogP contribution in [-0.2, 0) is 12.1 Å². The van der Waals surface area contributed by atoms with Crippen LogP contribution in [0.4, 0.5) is 0 Å². The largest absolute Gasteiger partial charge is 0.382 e. The van der Waals surface area contributed by atoms with Gasteiger partial charge < -0.3 is 5.11 Å². The van der Waals surface area contributed by atoms with E-state index in [0.29, 0.717) is 18.7 Å². The first-order valence-electron chi connectivity index (χ1n) is 8.32. The fraction of sp³-hybridized carbons (Fsp3) is 0.471. The van der Waals surface area contributed by atoms with Gasteiger partial charge in [-0.15, -0.1) is 5.10 Å². The number of nitrogens with zero attached hydrogens (tertiary/aromatic N) is 5. The molecular weight excluding hydrogens is 304 g/mol. The molecule has 0 spiro atoms. The van der Waals surface area contributed by atoms with Crippen LogP contribution in [0.1, 0.15) is 37.6 Å². The van der Waals surface area contributed by atoms with Crippen LogP contribution < -0.4 is 0 Å².